The van der Waals surface area contributed by atoms with Crippen molar-refractivity contribution in [1.29, 1.82) is 0 Å². The van der Waals surface area contributed by atoms with Crippen LogP contribution in [0.3, 0.4) is 0 Å². The van der Waals surface area contributed by atoms with Gasteiger partial charge in [0.15, 0.2) is 11.3 Å². The van der Waals surface area contributed by atoms with Gasteiger partial charge in [-0.3, -0.25) is 9.69 Å². The summed E-state index contributed by atoms with van der Waals surface area (Å²) in [6, 6.07) is 19.2. The summed E-state index contributed by atoms with van der Waals surface area (Å²) >= 11 is 17.5. The summed E-state index contributed by atoms with van der Waals surface area (Å²) in [7, 11) is 0. The van der Waals surface area contributed by atoms with Gasteiger partial charge in [-0.25, -0.2) is 0 Å². The fourth-order valence-electron chi connectivity index (χ4n) is 3.42. The zero-order chi connectivity index (χ0) is 22.8. The maximum Gasteiger partial charge on any atom is 0.265 e. The standard InChI is InChI=1S/C24H18Cl2N2O3S/c25-17-6-8-18(9-7-17)28-23(31)19(22(30)27-24(28)32)13-16-12-14(5-10-21(16)29)11-15-3-1-2-4-20(15)26/h1-10,12-13,22,29-30H,11H2,(H,27,32). The van der Waals surface area contributed by atoms with Crippen LogP contribution in [0.1, 0.15) is 16.7 Å². The Balaban J connectivity index is 1.68. The largest absolute Gasteiger partial charge is 0.507 e. The zero-order valence-electron chi connectivity index (χ0n) is 16.6. The Kier molecular flexibility index (Phi) is 6.48. The quantitative estimate of drug-likeness (QED) is 0.362. The van der Waals surface area contributed by atoms with Crippen molar-refractivity contribution in [3.8, 4) is 5.75 Å². The highest BCUT2D eigenvalue weighted by molar-refractivity contribution is 7.80. The van der Waals surface area contributed by atoms with E-state index in [0.717, 1.165) is 11.1 Å². The van der Waals surface area contributed by atoms with Gasteiger partial charge >= 0.3 is 0 Å². The van der Waals surface area contributed by atoms with E-state index in [-0.39, 0.29) is 16.4 Å². The first kappa shape index (κ1) is 22.3. The first-order chi connectivity index (χ1) is 15.3. The number of carbonyl (C=O) groups is 1. The van der Waals surface area contributed by atoms with Crippen molar-refractivity contribution in [2.45, 2.75) is 12.6 Å². The van der Waals surface area contributed by atoms with Gasteiger partial charge in [-0.15, -0.1) is 0 Å². The smallest absolute Gasteiger partial charge is 0.265 e. The van der Waals surface area contributed by atoms with Crippen LogP contribution in [0.5, 0.6) is 5.75 Å². The van der Waals surface area contributed by atoms with Gasteiger partial charge in [0, 0.05) is 15.6 Å². The van der Waals surface area contributed by atoms with Crippen molar-refractivity contribution < 1.29 is 15.0 Å². The van der Waals surface area contributed by atoms with Gasteiger partial charge in [-0.1, -0.05) is 47.5 Å². The highest BCUT2D eigenvalue weighted by Gasteiger charge is 2.34. The van der Waals surface area contributed by atoms with Crippen molar-refractivity contribution in [3.05, 3.63) is 99.0 Å². The Morgan fingerprint density at radius 3 is 2.50 bits per heavy atom. The van der Waals surface area contributed by atoms with E-state index in [0.29, 0.717) is 27.7 Å². The molecule has 1 amide bonds. The van der Waals surface area contributed by atoms with Gasteiger partial charge in [-0.05, 0) is 78.3 Å². The number of hydrogen-bond acceptors (Lipinski definition) is 4. The van der Waals surface area contributed by atoms with Crippen LogP contribution in [0.2, 0.25) is 10.0 Å². The summed E-state index contributed by atoms with van der Waals surface area (Å²) in [6.45, 7) is 0. The predicted molar refractivity (Wildman–Crippen MR) is 131 cm³/mol. The van der Waals surface area contributed by atoms with E-state index in [1.807, 2.05) is 24.3 Å². The molecule has 3 N–H and O–H groups in total. The molecule has 1 saturated heterocycles. The Hall–Kier alpha value is -2.90. The number of hydrogen-bond donors (Lipinski definition) is 3. The van der Waals surface area contributed by atoms with Crippen LogP contribution in [-0.4, -0.2) is 27.5 Å². The highest BCUT2D eigenvalue weighted by atomic mass is 35.5. The molecule has 32 heavy (non-hydrogen) atoms. The molecule has 0 radical (unpaired) electrons. The van der Waals surface area contributed by atoms with Gasteiger partial charge in [0.25, 0.3) is 5.91 Å². The molecule has 1 atom stereocenters. The molecule has 8 heteroatoms. The predicted octanol–water partition coefficient (Wildman–Crippen LogP) is 4.91. The van der Waals surface area contributed by atoms with Crippen LogP contribution in [0, 0.1) is 0 Å². The number of thiocarbonyl (C=S) groups is 1. The van der Waals surface area contributed by atoms with Gasteiger partial charge in [0.2, 0.25) is 0 Å². The minimum absolute atomic E-state index is 0.0217. The number of halogens is 2. The molecule has 1 unspecified atom stereocenters. The Morgan fingerprint density at radius 1 is 1.06 bits per heavy atom. The number of nitrogens with zero attached hydrogens (tertiary/aromatic N) is 1. The van der Waals surface area contributed by atoms with Gasteiger partial charge in [-0.2, -0.15) is 0 Å². The van der Waals surface area contributed by atoms with E-state index in [9.17, 15) is 15.0 Å². The molecule has 1 aliphatic rings. The van der Waals surface area contributed by atoms with Crippen LogP contribution >= 0.6 is 35.4 Å². The monoisotopic (exact) mass is 484 g/mol. The lowest BCUT2D eigenvalue weighted by Gasteiger charge is -2.33. The molecule has 1 heterocycles. The molecule has 1 aliphatic heterocycles. The lowest BCUT2D eigenvalue weighted by atomic mass is 9.99. The molecule has 0 spiro atoms. The number of carbonyl (C=O) groups excluding carboxylic acids is 1. The summed E-state index contributed by atoms with van der Waals surface area (Å²) < 4.78 is 0. The van der Waals surface area contributed by atoms with Crippen LogP contribution in [-0.2, 0) is 11.2 Å². The topological polar surface area (TPSA) is 72.8 Å². The van der Waals surface area contributed by atoms with Crippen LogP contribution in [0.25, 0.3) is 6.08 Å². The molecule has 0 aromatic heterocycles. The number of benzene rings is 3. The van der Waals surface area contributed by atoms with Crippen molar-refractivity contribution in [3.63, 3.8) is 0 Å². The minimum Gasteiger partial charge on any atom is -0.507 e. The highest BCUT2D eigenvalue weighted by Crippen LogP contribution is 2.29. The van der Waals surface area contributed by atoms with E-state index in [1.165, 1.54) is 11.0 Å². The summed E-state index contributed by atoms with van der Waals surface area (Å²) in [5.74, 6) is -0.522. The lowest BCUT2D eigenvalue weighted by Crippen LogP contribution is -2.56. The molecule has 162 valence electrons. The third kappa shape index (κ3) is 4.64. The molecule has 0 saturated carbocycles. The number of aromatic hydroxyl groups is 1. The molecule has 5 nitrogen and oxygen atoms in total. The number of aliphatic hydroxyl groups is 1. The molecular weight excluding hydrogens is 467 g/mol. The van der Waals surface area contributed by atoms with Crippen molar-refractivity contribution in [2.24, 2.45) is 0 Å². The second-order valence-electron chi connectivity index (χ2n) is 7.23. The maximum absolute atomic E-state index is 13.2. The first-order valence-corrected chi connectivity index (χ1v) is 10.9. The van der Waals surface area contributed by atoms with E-state index in [4.69, 9.17) is 35.4 Å². The number of anilines is 1. The van der Waals surface area contributed by atoms with Crippen molar-refractivity contribution >= 4 is 58.2 Å². The van der Waals surface area contributed by atoms with Gasteiger partial charge in [0.1, 0.15) is 5.75 Å². The van der Waals surface area contributed by atoms with Crippen LogP contribution in [0.4, 0.5) is 5.69 Å². The fourth-order valence-corrected chi connectivity index (χ4v) is 4.05. The first-order valence-electron chi connectivity index (χ1n) is 9.69. The number of phenols is 1. The number of aliphatic hydroxyl groups excluding tert-OH is 1. The van der Waals surface area contributed by atoms with Crippen molar-refractivity contribution in [2.75, 3.05) is 4.90 Å². The Morgan fingerprint density at radius 2 is 1.78 bits per heavy atom. The van der Waals surface area contributed by atoms with Gasteiger partial charge in [0.05, 0.1) is 11.3 Å². The molecule has 1 fully saturated rings. The number of nitrogens with one attached hydrogen (secondary N) is 1. The Bertz CT molecular complexity index is 1230. The molecule has 4 rings (SSSR count). The maximum atomic E-state index is 13.2. The lowest BCUT2D eigenvalue weighted by molar-refractivity contribution is -0.115. The number of phenolic OH excluding ortho intramolecular Hbond substituents is 1. The van der Waals surface area contributed by atoms with E-state index in [1.54, 1.807) is 42.5 Å². The van der Waals surface area contributed by atoms with Crippen LogP contribution in [0.15, 0.2) is 72.3 Å². The minimum atomic E-state index is -1.31. The van der Waals surface area contributed by atoms with E-state index < -0.39 is 12.1 Å². The summed E-state index contributed by atoms with van der Waals surface area (Å²) in [5.41, 5.74) is 2.76. The Labute approximate surface area is 200 Å². The number of amides is 1. The third-order valence-electron chi connectivity index (χ3n) is 5.05. The zero-order valence-corrected chi connectivity index (χ0v) is 19.0. The fraction of sp³-hybridized carbons (Fsp3) is 0.0833. The summed E-state index contributed by atoms with van der Waals surface area (Å²) in [6.07, 6.45) is 0.687. The average Bonchev–Trinajstić information content (AvgIpc) is 2.76. The number of rotatable bonds is 4. The average molecular weight is 485 g/mol. The van der Waals surface area contributed by atoms with E-state index >= 15 is 0 Å². The second-order valence-corrected chi connectivity index (χ2v) is 8.46. The summed E-state index contributed by atoms with van der Waals surface area (Å²) in [4.78, 5) is 14.5. The molecule has 0 bridgehead atoms. The SMILES string of the molecule is O=C1C(=Cc2cc(Cc3ccccc3Cl)ccc2O)C(O)NC(=S)N1c1ccc(Cl)cc1. The molecular formula is C24H18Cl2N2O3S. The molecule has 0 aliphatic carbocycles. The van der Waals surface area contributed by atoms with Gasteiger partial charge < -0.3 is 15.5 Å². The van der Waals surface area contributed by atoms with E-state index in [2.05, 4.69) is 5.32 Å². The van der Waals surface area contributed by atoms with Crippen molar-refractivity contribution in [1.82, 2.24) is 5.32 Å². The molecule has 3 aromatic rings. The molecule has 3 aromatic carbocycles. The second kappa shape index (κ2) is 9.30. The third-order valence-corrected chi connectivity index (χ3v) is 5.97. The van der Waals surface area contributed by atoms with Crippen LogP contribution < -0.4 is 10.2 Å². The summed E-state index contributed by atoms with van der Waals surface area (Å²) in [5, 5.41) is 24.8. The normalized spacial score (nSPS) is 17.5.